The zero-order chi connectivity index (χ0) is 13.2. The van der Waals surface area contributed by atoms with Gasteiger partial charge in [-0.1, -0.05) is 18.2 Å². The second kappa shape index (κ2) is 4.88. The maximum Gasteiger partial charge on any atom is 0.252 e. The van der Waals surface area contributed by atoms with Crippen LogP contribution in [0.1, 0.15) is 23.2 Å². The van der Waals surface area contributed by atoms with Crippen LogP contribution < -0.4 is 10.6 Å². The number of pyridine rings is 1. The largest absolute Gasteiger partial charge is 0.373 e. The Balaban J connectivity index is 1.96. The van der Waals surface area contributed by atoms with Gasteiger partial charge in [0, 0.05) is 19.0 Å². The maximum absolute atomic E-state index is 12.3. The molecule has 0 unspecified atom stereocenters. The highest BCUT2D eigenvalue weighted by atomic mass is 16.1. The first kappa shape index (κ1) is 12.0. The highest BCUT2D eigenvalue weighted by Gasteiger charge is 2.22. The molecule has 0 saturated heterocycles. The van der Waals surface area contributed by atoms with Crippen molar-refractivity contribution in [1.82, 2.24) is 10.3 Å². The number of para-hydroxylation sites is 1. The van der Waals surface area contributed by atoms with Crippen LogP contribution >= 0.6 is 0 Å². The molecule has 1 aliphatic rings. The Hall–Kier alpha value is -2.10. The lowest BCUT2D eigenvalue weighted by atomic mass is 10.1. The van der Waals surface area contributed by atoms with E-state index in [-0.39, 0.29) is 5.91 Å². The lowest BCUT2D eigenvalue weighted by Crippen LogP contribution is -2.26. The average Bonchev–Trinajstić information content (AvgIpc) is 3.27. The predicted octanol–water partition coefficient (Wildman–Crippen LogP) is 2.42. The van der Waals surface area contributed by atoms with Gasteiger partial charge in [0.1, 0.15) is 5.82 Å². The van der Waals surface area contributed by atoms with E-state index >= 15 is 0 Å². The van der Waals surface area contributed by atoms with E-state index in [1.807, 2.05) is 37.4 Å². The van der Waals surface area contributed by atoms with Gasteiger partial charge in [0.05, 0.1) is 11.1 Å². The molecule has 2 N–H and O–H groups in total. The first-order valence-electron chi connectivity index (χ1n) is 6.63. The number of nitrogens with zero attached hydrogens (tertiary/aromatic N) is 1. The van der Waals surface area contributed by atoms with Gasteiger partial charge in [0.2, 0.25) is 0 Å². The SMILES string of the molecule is CNc1cc(C(=O)NCC2CC2)c2ccccc2n1. The fourth-order valence-corrected chi connectivity index (χ4v) is 2.15. The molecular weight excluding hydrogens is 238 g/mol. The van der Waals surface area contributed by atoms with E-state index < -0.39 is 0 Å². The van der Waals surface area contributed by atoms with Crippen molar-refractivity contribution in [1.29, 1.82) is 0 Å². The maximum atomic E-state index is 12.3. The number of amides is 1. The minimum Gasteiger partial charge on any atom is -0.373 e. The van der Waals surface area contributed by atoms with Crippen LogP contribution in [0.15, 0.2) is 30.3 Å². The minimum atomic E-state index is -0.0120. The van der Waals surface area contributed by atoms with Crippen LogP contribution in [0.25, 0.3) is 10.9 Å². The van der Waals surface area contributed by atoms with E-state index in [2.05, 4.69) is 15.6 Å². The zero-order valence-electron chi connectivity index (χ0n) is 10.9. The molecule has 1 heterocycles. The van der Waals surface area contributed by atoms with Crippen LogP contribution in [0, 0.1) is 5.92 Å². The first-order chi connectivity index (χ1) is 9.28. The summed E-state index contributed by atoms with van der Waals surface area (Å²) in [6.07, 6.45) is 2.47. The van der Waals surface area contributed by atoms with E-state index in [0.29, 0.717) is 11.5 Å². The topological polar surface area (TPSA) is 54.0 Å². The number of carbonyl (C=O) groups is 1. The molecule has 0 bridgehead atoms. The van der Waals surface area contributed by atoms with Crippen molar-refractivity contribution in [2.45, 2.75) is 12.8 Å². The third kappa shape index (κ3) is 2.52. The Bertz CT molecular complexity index is 620. The third-order valence-electron chi connectivity index (χ3n) is 3.47. The van der Waals surface area contributed by atoms with Crippen LogP contribution in [0.3, 0.4) is 0 Å². The fraction of sp³-hybridized carbons (Fsp3) is 0.333. The van der Waals surface area contributed by atoms with Gasteiger partial charge in [0.25, 0.3) is 5.91 Å². The Morgan fingerprint density at radius 2 is 2.16 bits per heavy atom. The highest BCUT2D eigenvalue weighted by molar-refractivity contribution is 6.06. The van der Waals surface area contributed by atoms with Crippen LogP contribution in [0.4, 0.5) is 5.82 Å². The van der Waals surface area contributed by atoms with Gasteiger partial charge in [-0.05, 0) is 30.9 Å². The lowest BCUT2D eigenvalue weighted by molar-refractivity contribution is 0.0953. The van der Waals surface area contributed by atoms with E-state index in [1.165, 1.54) is 12.8 Å². The molecule has 98 valence electrons. The van der Waals surface area contributed by atoms with Gasteiger partial charge in [-0.25, -0.2) is 4.98 Å². The molecular formula is C15H17N3O. The average molecular weight is 255 g/mol. The standard InChI is InChI=1S/C15H17N3O/c1-16-14-8-12(15(19)17-9-10-6-7-10)11-4-2-3-5-13(11)18-14/h2-5,8,10H,6-7,9H2,1H3,(H,16,18)(H,17,19). The van der Waals surface area contributed by atoms with Crippen LogP contribution in [-0.4, -0.2) is 24.5 Å². The van der Waals surface area contributed by atoms with Crippen molar-refractivity contribution in [2.75, 3.05) is 18.9 Å². The van der Waals surface area contributed by atoms with E-state index in [4.69, 9.17) is 0 Å². The summed E-state index contributed by atoms with van der Waals surface area (Å²) in [5.41, 5.74) is 1.53. The second-order valence-corrected chi connectivity index (χ2v) is 4.98. The summed E-state index contributed by atoms with van der Waals surface area (Å²) in [4.78, 5) is 16.7. The zero-order valence-corrected chi connectivity index (χ0v) is 10.9. The molecule has 1 amide bonds. The number of hydrogen-bond donors (Lipinski definition) is 2. The van der Waals surface area contributed by atoms with Crippen LogP contribution in [0.2, 0.25) is 0 Å². The molecule has 1 saturated carbocycles. The number of fused-ring (bicyclic) bond motifs is 1. The van der Waals surface area contributed by atoms with Crippen LogP contribution in [-0.2, 0) is 0 Å². The number of anilines is 1. The van der Waals surface area contributed by atoms with E-state index in [0.717, 1.165) is 23.3 Å². The van der Waals surface area contributed by atoms with Crippen molar-refractivity contribution in [3.05, 3.63) is 35.9 Å². The fourth-order valence-electron chi connectivity index (χ4n) is 2.15. The monoisotopic (exact) mass is 255 g/mol. The Kier molecular flexibility index (Phi) is 3.07. The number of carbonyl (C=O) groups excluding carboxylic acids is 1. The summed E-state index contributed by atoms with van der Waals surface area (Å²) in [6, 6.07) is 9.54. The molecule has 2 aromatic rings. The van der Waals surface area contributed by atoms with Crippen molar-refractivity contribution < 1.29 is 4.79 Å². The first-order valence-corrected chi connectivity index (χ1v) is 6.63. The summed E-state index contributed by atoms with van der Waals surface area (Å²) in [7, 11) is 1.81. The molecule has 0 radical (unpaired) electrons. The number of rotatable bonds is 4. The highest BCUT2D eigenvalue weighted by Crippen LogP contribution is 2.28. The molecule has 1 aromatic heterocycles. The van der Waals surface area contributed by atoms with Crippen molar-refractivity contribution in [3.8, 4) is 0 Å². The minimum absolute atomic E-state index is 0.0120. The molecule has 0 spiro atoms. The predicted molar refractivity (Wildman–Crippen MR) is 76.3 cm³/mol. The van der Waals surface area contributed by atoms with Gasteiger partial charge in [0.15, 0.2) is 0 Å². The van der Waals surface area contributed by atoms with Crippen LogP contribution in [0.5, 0.6) is 0 Å². The van der Waals surface area contributed by atoms with Gasteiger partial charge < -0.3 is 10.6 Å². The normalized spacial score (nSPS) is 14.4. The lowest BCUT2D eigenvalue weighted by Gasteiger charge is -2.09. The summed E-state index contributed by atoms with van der Waals surface area (Å²) < 4.78 is 0. The summed E-state index contributed by atoms with van der Waals surface area (Å²) in [5.74, 6) is 1.39. The number of hydrogen-bond acceptors (Lipinski definition) is 3. The summed E-state index contributed by atoms with van der Waals surface area (Å²) in [5, 5.41) is 6.91. The summed E-state index contributed by atoms with van der Waals surface area (Å²) in [6.45, 7) is 0.782. The molecule has 4 heteroatoms. The Morgan fingerprint density at radius 1 is 1.37 bits per heavy atom. The van der Waals surface area contributed by atoms with Crippen molar-refractivity contribution >= 4 is 22.6 Å². The van der Waals surface area contributed by atoms with E-state index in [1.54, 1.807) is 0 Å². The Labute approximate surface area is 112 Å². The van der Waals surface area contributed by atoms with Gasteiger partial charge in [-0.2, -0.15) is 0 Å². The van der Waals surface area contributed by atoms with Gasteiger partial charge in [-0.15, -0.1) is 0 Å². The molecule has 4 nitrogen and oxygen atoms in total. The van der Waals surface area contributed by atoms with Crippen molar-refractivity contribution in [3.63, 3.8) is 0 Å². The molecule has 0 atom stereocenters. The number of nitrogens with one attached hydrogen (secondary N) is 2. The second-order valence-electron chi connectivity index (χ2n) is 4.98. The smallest absolute Gasteiger partial charge is 0.252 e. The third-order valence-corrected chi connectivity index (χ3v) is 3.47. The quantitative estimate of drug-likeness (QED) is 0.882. The number of aromatic nitrogens is 1. The summed E-state index contributed by atoms with van der Waals surface area (Å²) >= 11 is 0. The van der Waals surface area contributed by atoms with Gasteiger partial charge in [-0.3, -0.25) is 4.79 Å². The molecule has 19 heavy (non-hydrogen) atoms. The molecule has 3 rings (SSSR count). The van der Waals surface area contributed by atoms with Crippen molar-refractivity contribution in [2.24, 2.45) is 5.92 Å². The molecule has 0 aliphatic heterocycles. The molecule has 1 aliphatic carbocycles. The molecule has 1 fully saturated rings. The van der Waals surface area contributed by atoms with Gasteiger partial charge >= 0.3 is 0 Å². The van der Waals surface area contributed by atoms with E-state index in [9.17, 15) is 4.79 Å². The number of benzene rings is 1. The molecule has 1 aromatic carbocycles. The Morgan fingerprint density at radius 3 is 2.89 bits per heavy atom.